The third-order valence-electron chi connectivity index (χ3n) is 3.15. The summed E-state index contributed by atoms with van der Waals surface area (Å²) in [6.45, 7) is 4.31. The molecule has 1 aromatic heterocycles. The van der Waals surface area contributed by atoms with Crippen LogP contribution in [0.5, 0.6) is 0 Å². The minimum Gasteiger partial charge on any atom is -0.368 e. The van der Waals surface area contributed by atoms with E-state index in [1.54, 1.807) is 0 Å². The van der Waals surface area contributed by atoms with Crippen molar-refractivity contribution in [3.8, 4) is 11.3 Å². The van der Waals surface area contributed by atoms with Crippen LogP contribution in [0.4, 0.5) is 11.8 Å². The van der Waals surface area contributed by atoms with Crippen molar-refractivity contribution in [2.75, 3.05) is 11.1 Å². The summed E-state index contributed by atoms with van der Waals surface area (Å²) in [5, 5.41) is 3.40. The molecule has 0 saturated heterocycles. The Hall–Kier alpha value is -2.10. The van der Waals surface area contributed by atoms with Crippen molar-refractivity contribution in [3.05, 3.63) is 36.4 Å². The summed E-state index contributed by atoms with van der Waals surface area (Å²) >= 11 is 0. The van der Waals surface area contributed by atoms with E-state index in [9.17, 15) is 0 Å². The van der Waals surface area contributed by atoms with Crippen LogP contribution in [0.15, 0.2) is 36.4 Å². The van der Waals surface area contributed by atoms with Gasteiger partial charge in [0.25, 0.3) is 0 Å². The Morgan fingerprint density at radius 3 is 2.42 bits per heavy atom. The quantitative estimate of drug-likeness (QED) is 0.861. The maximum absolute atomic E-state index is 5.79. The molecule has 0 saturated carbocycles. The van der Waals surface area contributed by atoms with E-state index in [0.717, 1.165) is 29.9 Å². The molecule has 1 heterocycles. The number of hydrogen-bond acceptors (Lipinski definition) is 4. The summed E-state index contributed by atoms with van der Waals surface area (Å²) in [5.74, 6) is 1.09. The van der Waals surface area contributed by atoms with Gasteiger partial charge in [-0.25, -0.2) is 4.98 Å². The fraction of sp³-hybridized carbons (Fsp3) is 0.333. The SMILES string of the molecule is CCC(CC)Nc1cc(-c2ccccc2)nc(N)n1. The first-order valence-corrected chi connectivity index (χ1v) is 6.69. The summed E-state index contributed by atoms with van der Waals surface area (Å²) in [4.78, 5) is 8.54. The second kappa shape index (κ2) is 6.18. The topological polar surface area (TPSA) is 63.8 Å². The number of benzene rings is 1. The fourth-order valence-electron chi connectivity index (χ4n) is 2.00. The average Bonchev–Trinajstić information content (AvgIpc) is 2.45. The van der Waals surface area contributed by atoms with Gasteiger partial charge in [0.05, 0.1) is 5.69 Å². The number of aromatic nitrogens is 2. The minimum atomic E-state index is 0.301. The lowest BCUT2D eigenvalue weighted by atomic mass is 10.1. The highest BCUT2D eigenvalue weighted by molar-refractivity contribution is 5.63. The van der Waals surface area contributed by atoms with Gasteiger partial charge in [0.1, 0.15) is 5.82 Å². The smallest absolute Gasteiger partial charge is 0.222 e. The van der Waals surface area contributed by atoms with Crippen LogP contribution < -0.4 is 11.1 Å². The molecular weight excluding hydrogens is 236 g/mol. The lowest BCUT2D eigenvalue weighted by molar-refractivity contribution is 0.668. The van der Waals surface area contributed by atoms with E-state index in [1.165, 1.54) is 0 Å². The van der Waals surface area contributed by atoms with Crippen molar-refractivity contribution in [1.29, 1.82) is 0 Å². The van der Waals surface area contributed by atoms with E-state index in [0.29, 0.717) is 12.0 Å². The number of nitrogens with two attached hydrogens (primary N) is 1. The zero-order chi connectivity index (χ0) is 13.7. The highest BCUT2D eigenvalue weighted by atomic mass is 15.1. The lowest BCUT2D eigenvalue weighted by Gasteiger charge is -2.16. The predicted octanol–water partition coefficient (Wildman–Crippen LogP) is 3.33. The molecule has 0 atom stereocenters. The highest BCUT2D eigenvalue weighted by Crippen LogP contribution is 2.21. The summed E-state index contributed by atoms with van der Waals surface area (Å²) in [6, 6.07) is 12.4. The van der Waals surface area contributed by atoms with Crippen LogP contribution in [0, 0.1) is 0 Å². The molecule has 1 aromatic carbocycles. The van der Waals surface area contributed by atoms with E-state index in [2.05, 4.69) is 29.1 Å². The van der Waals surface area contributed by atoms with E-state index < -0.39 is 0 Å². The van der Waals surface area contributed by atoms with Crippen molar-refractivity contribution in [1.82, 2.24) is 9.97 Å². The molecular formula is C15H20N4. The Labute approximate surface area is 114 Å². The first-order valence-electron chi connectivity index (χ1n) is 6.69. The molecule has 0 unspecified atom stereocenters. The molecule has 0 fully saturated rings. The van der Waals surface area contributed by atoms with Crippen LogP contribution in [-0.4, -0.2) is 16.0 Å². The standard InChI is InChI=1S/C15H20N4/c1-3-12(4-2)17-14-10-13(18-15(16)19-14)11-8-6-5-7-9-11/h5-10,12H,3-4H2,1-2H3,(H3,16,17,18,19). The molecule has 100 valence electrons. The molecule has 0 aliphatic carbocycles. The van der Waals surface area contributed by atoms with Crippen LogP contribution in [0.2, 0.25) is 0 Å². The second-order valence-corrected chi connectivity index (χ2v) is 4.52. The monoisotopic (exact) mass is 256 g/mol. The van der Waals surface area contributed by atoms with Crippen LogP contribution >= 0.6 is 0 Å². The van der Waals surface area contributed by atoms with Crippen molar-refractivity contribution in [2.24, 2.45) is 0 Å². The van der Waals surface area contributed by atoms with Gasteiger partial charge in [0.15, 0.2) is 0 Å². The Morgan fingerprint density at radius 2 is 1.79 bits per heavy atom. The van der Waals surface area contributed by atoms with Crippen LogP contribution in [-0.2, 0) is 0 Å². The molecule has 19 heavy (non-hydrogen) atoms. The zero-order valence-electron chi connectivity index (χ0n) is 11.4. The van der Waals surface area contributed by atoms with Crippen LogP contribution in [0.3, 0.4) is 0 Å². The van der Waals surface area contributed by atoms with Gasteiger partial charge in [-0.3, -0.25) is 0 Å². The molecule has 0 radical (unpaired) electrons. The summed E-state index contributed by atoms with van der Waals surface area (Å²) < 4.78 is 0. The lowest BCUT2D eigenvalue weighted by Crippen LogP contribution is -2.18. The normalized spacial score (nSPS) is 10.7. The first kappa shape index (κ1) is 13.3. The Morgan fingerprint density at radius 1 is 1.11 bits per heavy atom. The number of hydrogen-bond donors (Lipinski definition) is 2. The number of nitrogen functional groups attached to an aromatic ring is 1. The number of nitrogens with zero attached hydrogens (tertiary/aromatic N) is 2. The maximum Gasteiger partial charge on any atom is 0.222 e. The maximum atomic E-state index is 5.79. The van der Waals surface area contributed by atoms with Crippen molar-refractivity contribution >= 4 is 11.8 Å². The molecule has 0 amide bonds. The number of rotatable bonds is 5. The Kier molecular flexibility index (Phi) is 4.34. The molecule has 0 spiro atoms. The molecule has 2 aromatic rings. The summed E-state index contributed by atoms with van der Waals surface area (Å²) in [7, 11) is 0. The van der Waals surface area contributed by atoms with E-state index in [1.807, 2.05) is 36.4 Å². The molecule has 0 aliphatic heterocycles. The van der Waals surface area contributed by atoms with Gasteiger partial charge >= 0.3 is 0 Å². The van der Waals surface area contributed by atoms with Crippen molar-refractivity contribution in [2.45, 2.75) is 32.7 Å². The van der Waals surface area contributed by atoms with Gasteiger partial charge in [0.2, 0.25) is 5.95 Å². The van der Waals surface area contributed by atoms with Gasteiger partial charge in [-0.1, -0.05) is 44.2 Å². The van der Waals surface area contributed by atoms with Gasteiger partial charge < -0.3 is 11.1 Å². The minimum absolute atomic E-state index is 0.301. The van der Waals surface area contributed by atoms with Gasteiger partial charge in [0, 0.05) is 17.7 Å². The molecule has 4 heteroatoms. The van der Waals surface area contributed by atoms with Crippen LogP contribution in [0.1, 0.15) is 26.7 Å². The molecule has 0 bridgehead atoms. The zero-order valence-corrected chi connectivity index (χ0v) is 11.4. The van der Waals surface area contributed by atoms with E-state index in [4.69, 9.17) is 5.73 Å². The van der Waals surface area contributed by atoms with Gasteiger partial charge in [-0.05, 0) is 12.8 Å². The van der Waals surface area contributed by atoms with Crippen molar-refractivity contribution in [3.63, 3.8) is 0 Å². The van der Waals surface area contributed by atoms with Gasteiger partial charge in [-0.15, -0.1) is 0 Å². The number of nitrogens with one attached hydrogen (secondary N) is 1. The third kappa shape index (κ3) is 3.44. The Bertz CT molecular complexity index is 521. The third-order valence-corrected chi connectivity index (χ3v) is 3.15. The highest BCUT2D eigenvalue weighted by Gasteiger charge is 2.08. The second-order valence-electron chi connectivity index (χ2n) is 4.52. The molecule has 4 nitrogen and oxygen atoms in total. The number of anilines is 2. The van der Waals surface area contributed by atoms with E-state index >= 15 is 0 Å². The average molecular weight is 256 g/mol. The van der Waals surface area contributed by atoms with Crippen molar-refractivity contribution < 1.29 is 0 Å². The molecule has 3 N–H and O–H groups in total. The summed E-state index contributed by atoms with van der Waals surface area (Å²) in [5.41, 5.74) is 7.69. The largest absolute Gasteiger partial charge is 0.368 e. The first-order chi connectivity index (χ1) is 9.22. The van der Waals surface area contributed by atoms with Gasteiger partial charge in [-0.2, -0.15) is 4.98 Å². The fourth-order valence-corrected chi connectivity index (χ4v) is 2.00. The van der Waals surface area contributed by atoms with E-state index in [-0.39, 0.29) is 0 Å². The van der Waals surface area contributed by atoms with Crippen LogP contribution in [0.25, 0.3) is 11.3 Å². The summed E-state index contributed by atoms with van der Waals surface area (Å²) in [6.07, 6.45) is 2.11. The predicted molar refractivity (Wildman–Crippen MR) is 79.9 cm³/mol. The molecule has 0 aliphatic rings. The molecule has 2 rings (SSSR count). The Balaban J connectivity index is 2.30.